The molecule has 0 spiro atoms. The van der Waals surface area contributed by atoms with Gasteiger partial charge in [0.05, 0.1) is 13.1 Å². The van der Waals surface area contributed by atoms with E-state index in [2.05, 4.69) is 83.1 Å². The molecule has 140 valence electrons. The first-order valence-electron chi connectivity index (χ1n) is 9.21. The third kappa shape index (κ3) is 5.95. The van der Waals surface area contributed by atoms with E-state index in [-0.39, 0.29) is 0 Å². The molecule has 0 atom stereocenters. The Bertz CT molecular complexity index is 853. The maximum absolute atomic E-state index is 4.71. The average Bonchev–Trinajstić information content (AvgIpc) is 3.18. The van der Waals surface area contributed by atoms with Gasteiger partial charge in [-0.1, -0.05) is 54.1 Å². The summed E-state index contributed by atoms with van der Waals surface area (Å²) in [4.78, 5) is 8.70. The molecule has 3 rings (SSSR count). The van der Waals surface area contributed by atoms with Gasteiger partial charge in [-0.25, -0.2) is 14.7 Å². The summed E-state index contributed by atoms with van der Waals surface area (Å²) in [7, 11) is 0. The topological polar surface area (TPSA) is 67.1 Å². The summed E-state index contributed by atoms with van der Waals surface area (Å²) in [6.45, 7) is 7.07. The molecule has 0 aliphatic rings. The zero-order chi connectivity index (χ0) is 18.9. The van der Waals surface area contributed by atoms with E-state index < -0.39 is 0 Å². The minimum atomic E-state index is 0.619. The molecule has 6 nitrogen and oxygen atoms in total. The molecule has 6 heteroatoms. The summed E-state index contributed by atoms with van der Waals surface area (Å²) in [6.07, 6.45) is 3.28. The van der Waals surface area contributed by atoms with Crippen molar-refractivity contribution in [2.75, 3.05) is 6.54 Å². The zero-order valence-corrected chi connectivity index (χ0v) is 15.9. The Hall–Kier alpha value is -3.15. The number of aromatic nitrogens is 3. The Morgan fingerprint density at radius 2 is 1.85 bits per heavy atom. The summed E-state index contributed by atoms with van der Waals surface area (Å²) in [5.41, 5.74) is 4.86. The van der Waals surface area contributed by atoms with Gasteiger partial charge >= 0.3 is 0 Å². The molecule has 0 unspecified atom stereocenters. The predicted molar refractivity (Wildman–Crippen MR) is 108 cm³/mol. The number of hydrogen-bond donors (Lipinski definition) is 2. The van der Waals surface area contributed by atoms with Crippen LogP contribution in [0, 0.1) is 6.92 Å². The van der Waals surface area contributed by atoms with Crippen LogP contribution in [0.5, 0.6) is 0 Å². The molecule has 2 aromatic carbocycles. The van der Waals surface area contributed by atoms with E-state index >= 15 is 0 Å². The maximum atomic E-state index is 4.71. The molecule has 0 saturated carbocycles. The first-order valence-corrected chi connectivity index (χ1v) is 9.21. The van der Waals surface area contributed by atoms with Crippen molar-refractivity contribution in [3.63, 3.8) is 0 Å². The highest BCUT2D eigenvalue weighted by molar-refractivity contribution is 5.79. The Labute approximate surface area is 160 Å². The van der Waals surface area contributed by atoms with Crippen LogP contribution in [0.1, 0.15) is 29.2 Å². The van der Waals surface area contributed by atoms with E-state index in [0.29, 0.717) is 13.1 Å². The van der Waals surface area contributed by atoms with E-state index in [1.807, 2.05) is 4.68 Å². The van der Waals surface area contributed by atoms with E-state index in [4.69, 9.17) is 4.99 Å². The van der Waals surface area contributed by atoms with Crippen LogP contribution in [0.3, 0.4) is 0 Å². The minimum Gasteiger partial charge on any atom is -0.357 e. The van der Waals surface area contributed by atoms with Gasteiger partial charge in [-0.2, -0.15) is 5.10 Å². The lowest BCUT2D eigenvalue weighted by molar-refractivity contribution is 0.684. The lowest BCUT2D eigenvalue weighted by atomic mass is 10.1. The fourth-order valence-electron chi connectivity index (χ4n) is 2.73. The Balaban J connectivity index is 1.61. The first-order chi connectivity index (χ1) is 13.2. The van der Waals surface area contributed by atoms with Gasteiger partial charge in [0.1, 0.15) is 12.7 Å². The molecule has 0 aliphatic carbocycles. The van der Waals surface area contributed by atoms with Gasteiger partial charge in [0, 0.05) is 13.1 Å². The molecule has 27 heavy (non-hydrogen) atoms. The van der Waals surface area contributed by atoms with Crippen LogP contribution in [-0.2, 0) is 19.6 Å². The number of rotatable bonds is 7. The third-order valence-corrected chi connectivity index (χ3v) is 4.15. The number of hydrogen-bond acceptors (Lipinski definition) is 3. The van der Waals surface area contributed by atoms with Crippen LogP contribution in [0.15, 0.2) is 66.2 Å². The molecule has 0 amide bonds. The second kappa shape index (κ2) is 9.52. The maximum Gasteiger partial charge on any atom is 0.191 e. The quantitative estimate of drug-likeness (QED) is 0.501. The van der Waals surface area contributed by atoms with Crippen molar-refractivity contribution in [1.82, 2.24) is 25.4 Å². The average molecular weight is 362 g/mol. The fraction of sp³-hybridized carbons (Fsp3) is 0.286. The van der Waals surface area contributed by atoms with Gasteiger partial charge in [-0.15, -0.1) is 0 Å². The highest BCUT2D eigenvalue weighted by Crippen LogP contribution is 2.08. The normalized spacial score (nSPS) is 11.4. The second-order valence-electron chi connectivity index (χ2n) is 6.45. The van der Waals surface area contributed by atoms with Gasteiger partial charge in [-0.3, -0.25) is 0 Å². The summed E-state index contributed by atoms with van der Waals surface area (Å²) in [6, 6.07) is 16.9. The number of nitrogens with one attached hydrogen (secondary N) is 2. The van der Waals surface area contributed by atoms with Gasteiger partial charge < -0.3 is 10.6 Å². The molecule has 0 radical (unpaired) electrons. The molecule has 1 heterocycles. The van der Waals surface area contributed by atoms with E-state index in [1.165, 1.54) is 22.3 Å². The van der Waals surface area contributed by atoms with E-state index in [9.17, 15) is 0 Å². The van der Waals surface area contributed by atoms with Crippen molar-refractivity contribution in [2.45, 2.75) is 33.5 Å². The fourth-order valence-corrected chi connectivity index (χ4v) is 2.73. The monoisotopic (exact) mass is 362 g/mol. The van der Waals surface area contributed by atoms with Crippen LogP contribution in [0.25, 0.3) is 0 Å². The van der Waals surface area contributed by atoms with Crippen LogP contribution < -0.4 is 10.6 Å². The molecule has 2 N–H and O–H groups in total. The third-order valence-electron chi connectivity index (χ3n) is 4.15. The smallest absolute Gasteiger partial charge is 0.191 e. The van der Waals surface area contributed by atoms with Crippen LogP contribution in [0.4, 0.5) is 0 Å². The lowest BCUT2D eigenvalue weighted by Gasteiger charge is -2.12. The van der Waals surface area contributed by atoms with Crippen molar-refractivity contribution in [3.8, 4) is 0 Å². The standard InChI is InChI=1S/C21H26N6/c1-3-23-21(24-12-18-9-7-17(2)8-10-18)25-13-19-5-4-6-20(11-19)14-27-16-22-15-26-27/h4-11,15-16H,3,12-14H2,1-2H3,(H2,23,24,25). The highest BCUT2D eigenvalue weighted by Gasteiger charge is 2.01. The van der Waals surface area contributed by atoms with Crippen LogP contribution in [0.2, 0.25) is 0 Å². The van der Waals surface area contributed by atoms with E-state index in [1.54, 1.807) is 12.7 Å². The summed E-state index contributed by atoms with van der Waals surface area (Å²) >= 11 is 0. The first kappa shape index (κ1) is 18.6. The molecule has 0 bridgehead atoms. The van der Waals surface area contributed by atoms with Gasteiger partial charge in [0.2, 0.25) is 0 Å². The summed E-state index contributed by atoms with van der Waals surface area (Å²) in [5.74, 6) is 0.819. The number of aliphatic imine (C=N–C) groups is 1. The molecule has 0 saturated heterocycles. The largest absolute Gasteiger partial charge is 0.357 e. The molecule has 3 aromatic rings. The number of nitrogens with zero attached hydrogens (tertiary/aromatic N) is 4. The Kier molecular flexibility index (Phi) is 6.57. The van der Waals surface area contributed by atoms with Gasteiger partial charge in [-0.05, 0) is 30.5 Å². The molecule has 0 fully saturated rings. The van der Waals surface area contributed by atoms with Gasteiger partial charge in [0.15, 0.2) is 5.96 Å². The van der Waals surface area contributed by atoms with Gasteiger partial charge in [0.25, 0.3) is 0 Å². The summed E-state index contributed by atoms with van der Waals surface area (Å²) in [5, 5.41) is 10.9. The van der Waals surface area contributed by atoms with Crippen molar-refractivity contribution >= 4 is 5.96 Å². The second-order valence-corrected chi connectivity index (χ2v) is 6.45. The predicted octanol–water partition coefficient (Wildman–Crippen LogP) is 2.89. The summed E-state index contributed by atoms with van der Waals surface area (Å²) < 4.78 is 1.82. The molecule has 1 aromatic heterocycles. The number of aryl methyl sites for hydroxylation is 1. The Morgan fingerprint density at radius 3 is 2.59 bits per heavy atom. The van der Waals surface area contributed by atoms with Crippen molar-refractivity contribution in [2.24, 2.45) is 4.99 Å². The van der Waals surface area contributed by atoms with Crippen molar-refractivity contribution in [3.05, 3.63) is 83.4 Å². The van der Waals surface area contributed by atoms with E-state index in [0.717, 1.165) is 19.0 Å². The van der Waals surface area contributed by atoms with Crippen molar-refractivity contribution in [1.29, 1.82) is 0 Å². The zero-order valence-electron chi connectivity index (χ0n) is 15.9. The van der Waals surface area contributed by atoms with Crippen molar-refractivity contribution < 1.29 is 0 Å². The molecule has 0 aliphatic heterocycles. The van der Waals surface area contributed by atoms with Crippen LogP contribution in [-0.4, -0.2) is 27.3 Å². The number of guanidine groups is 1. The minimum absolute atomic E-state index is 0.619. The number of benzene rings is 2. The molecular formula is C21H26N6. The molecular weight excluding hydrogens is 336 g/mol. The highest BCUT2D eigenvalue weighted by atomic mass is 15.3. The SMILES string of the molecule is CCNC(=NCc1cccc(Cn2cncn2)c1)NCc1ccc(C)cc1. The van der Waals surface area contributed by atoms with Crippen LogP contribution >= 0.6 is 0 Å². The Morgan fingerprint density at radius 1 is 1.04 bits per heavy atom. The lowest BCUT2D eigenvalue weighted by Crippen LogP contribution is -2.36.